The van der Waals surface area contributed by atoms with Crippen molar-refractivity contribution in [2.75, 3.05) is 0 Å². The van der Waals surface area contributed by atoms with Crippen LogP contribution in [-0.4, -0.2) is 26.0 Å². The number of aromatic nitrogens is 3. The molecule has 2 rings (SSSR count). The van der Waals surface area contributed by atoms with Gasteiger partial charge >= 0.3 is 0 Å². The Balaban J connectivity index is 2.44. The van der Waals surface area contributed by atoms with Gasteiger partial charge in [-0.05, 0) is 29.2 Å². The third-order valence-corrected chi connectivity index (χ3v) is 3.22. The van der Waals surface area contributed by atoms with Gasteiger partial charge in [-0.2, -0.15) is 5.10 Å². The van der Waals surface area contributed by atoms with Gasteiger partial charge in [-0.15, -0.1) is 0 Å². The Morgan fingerprint density at radius 2 is 1.95 bits per heavy atom. The normalized spacial score (nSPS) is 14.3. The molecule has 0 unspecified atom stereocenters. The molecular weight excluding hydrogens is 274 g/mol. The molecule has 0 radical (unpaired) electrons. The Labute approximate surface area is 123 Å². The van der Waals surface area contributed by atoms with Gasteiger partial charge in [0.05, 0.1) is 5.70 Å². The highest BCUT2D eigenvalue weighted by molar-refractivity contribution is 6.30. The SMILES string of the molecule is CC(C)(C)[C@@H](O)/C(=C\c1ccc(Cl)cc1)n1cncn1. The minimum absolute atomic E-state index is 0.301. The van der Waals surface area contributed by atoms with E-state index in [1.165, 1.54) is 6.33 Å². The van der Waals surface area contributed by atoms with Gasteiger partial charge in [-0.25, -0.2) is 9.67 Å². The molecule has 0 aliphatic carbocycles. The van der Waals surface area contributed by atoms with E-state index >= 15 is 0 Å². The van der Waals surface area contributed by atoms with Crippen molar-refractivity contribution in [2.45, 2.75) is 26.9 Å². The molecule has 0 bridgehead atoms. The molecule has 20 heavy (non-hydrogen) atoms. The van der Waals surface area contributed by atoms with E-state index in [-0.39, 0.29) is 5.41 Å². The zero-order valence-electron chi connectivity index (χ0n) is 11.8. The summed E-state index contributed by atoms with van der Waals surface area (Å²) < 4.78 is 1.59. The molecular formula is C15H18ClN3O. The number of nitrogens with zero attached hydrogens (tertiary/aromatic N) is 3. The lowest BCUT2D eigenvalue weighted by atomic mass is 9.86. The molecule has 0 amide bonds. The van der Waals surface area contributed by atoms with Crippen molar-refractivity contribution in [1.29, 1.82) is 0 Å². The molecule has 1 atom stereocenters. The van der Waals surface area contributed by atoms with E-state index in [0.717, 1.165) is 5.56 Å². The van der Waals surface area contributed by atoms with Crippen molar-refractivity contribution in [2.24, 2.45) is 5.41 Å². The maximum atomic E-state index is 10.6. The van der Waals surface area contributed by atoms with Crippen molar-refractivity contribution in [3.63, 3.8) is 0 Å². The highest BCUT2D eigenvalue weighted by Gasteiger charge is 2.27. The molecule has 0 aliphatic heterocycles. The predicted octanol–water partition coefficient (Wildman–Crippen LogP) is 3.34. The number of aliphatic hydroxyl groups excluding tert-OH is 1. The second-order valence-corrected chi connectivity index (χ2v) is 6.17. The summed E-state index contributed by atoms with van der Waals surface area (Å²) in [7, 11) is 0. The average molecular weight is 292 g/mol. The molecule has 0 saturated carbocycles. The van der Waals surface area contributed by atoms with Crippen molar-refractivity contribution in [3.05, 3.63) is 47.5 Å². The maximum absolute atomic E-state index is 10.6. The first-order valence-electron chi connectivity index (χ1n) is 6.38. The van der Waals surface area contributed by atoms with Crippen molar-refractivity contribution in [1.82, 2.24) is 14.8 Å². The number of hydrogen-bond acceptors (Lipinski definition) is 3. The summed E-state index contributed by atoms with van der Waals surface area (Å²) in [5, 5.41) is 15.3. The second-order valence-electron chi connectivity index (χ2n) is 5.73. The first kappa shape index (κ1) is 14.8. The average Bonchev–Trinajstić information content (AvgIpc) is 2.90. The largest absolute Gasteiger partial charge is 0.386 e. The van der Waals surface area contributed by atoms with Crippen LogP contribution in [0.1, 0.15) is 26.3 Å². The van der Waals surface area contributed by atoms with Crippen LogP contribution in [0.15, 0.2) is 36.9 Å². The number of halogens is 1. The van der Waals surface area contributed by atoms with Gasteiger partial charge in [0.1, 0.15) is 18.8 Å². The Morgan fingerprint density at radius 1 is 1.30 bits per heavy atom. The summed E-state index contributed by atoms with van der Waals surface area (Å²) in [5.74, 6) is 0. The third-order valence-electron chi connectivity index (χ3n) is 2.97. The molecule has 106 valence electrons. The number of hydrogen-bond donors (Lipinski definition) is 1. The lowest BCUT2D eigenvalue weighted by molar-refractivity contribution is 0.109. The summed E-state index contributed by atoms with van der Waals surface area (Å²) in [6.45, 7) is 5.93. The van der Waals surface area contributed by atoms with Crippen molar-refractivity contribution < 1.29 is 5.11 Å². The van der Waals surface area contributed by atoms with Crippen LogP contribution < -0.4 is 0 Å². The smallest absolute Gasteiger partial charge is 0.138 e. The van der Waals surface area contributed by atoms with Crippen LogP contribution in [0, 0.1) is 5.41 Å². The second kappa shape index (κ2) is 5.77. The minimum atomic E-state index is -0.667. The van der Waals surface area contributed by atoms with E-state index in [1.807, 2.05) is 51.1 Å². The minimum Gasteiger partial charge on any atom is -0.386 e. The van der Waals surface area contributed by atoms with Gasteiger partial charge in [-0.3, -0.25) is 0 Å². The summed E-state index contributed by atoms with van der Waals surface area (Å²) in [4.78, 5) is 3.94. The van der Waals surface area contributed by atoms with Gasteiger partial charge in [0.15, 0.2) is 0 Å². The Bertz CT molecular complexity index is 583. The van der Waals surface area contributed by atoms with Gasteiger partial charge < -0.3 is 5.11 Å². The first-order chi connectivity index (χ1) is 9.38. The molecule has 1 heterocycles. The fraction of sp³-hybridized carbons (Fsp3) is 0.333. The molecule has 1 aromatic carbocycles. The fourth-order valence-electron chi connectivity index (χ4n) is 1.79. The predicted molar refractivity (Wildman–Crippen MR) is 81.1 cm³/mol. The van der Waals surface area contributed by atoms with Gasteiger partial charge in [-0.1, -0.05) is 44.5 Å². The van der Waals surface area contributed by atoms with Crippen LogP contribution in [0.2, 0.25) is 5.02 Å². The maximum Gasteiger partial charge on any atom is 0.138 e. The quantitative estimate of drug-likeness (QED) is 0.943. The highest BCUT2D eigenvalue weighted by atomic mass is 35.5. The van der Waals surface area contributed by atoms with E-state index in [0.29, 0.717) is 10.7 Å². The molecule has 1 aromatic heterocycles. The highest BCUT2D eigenvalue weighted by Crippen LogP contribution is 2.28. The van der Waals surface area contributed by atoms with Crippen LogP contribution in [-0.2, 0) is 0 Å². The van der Waals surface area contributed by atoms with Gasteiger partial charge in [0.2, 0.25) is 0 Å². The summed E-state index contributed by atoms with van der Waals surface area (Å²) in [5.41, 5.74) is 1.32. The Kier molecular flexibility index (Phi) is 4.26. The molecule has 1 N–H and O–H groups in total. The zero-order valence-corrected chi connectivity index (χ0v) is 12.5. The van der Waals surface area contributed by atoms with Crippen LogP contribution in [0.4, 0.5) is 0 Å². The lowest BCUT2D eigenvalue weighted by Crippen LogP contribution is -2.29. The van der Waals surface area contributed by atoms with Crippen LogP contribution >= 0.6 is 11.6 Å². The molecule has 0 spiro atoms. The van der Waals surface area contributed by atoms with E-state index in [9.17, 15) is 5.11 Å². The molecule has 0 saturated heterocycles. The van der Waals surface area contributed by atoms with Crippen LogP contribution in [0.5, 0.6) is 0 Å². The van der Waals surface area contributed by atoms with Crippen molar-refractivity contribution >= 4 is 23.4 Å². The monoisotopic (exact) mass is 291 g/mol. The molecule has 5 heteroatoms. The first-order valence-corrected chi connectivity index (χ1v) is 6.76. The number of rotatable bonds is 3. The summed E-state index contributed by atoms with van der Waals surface area (Å²) >= 11 is 5.89. The van der Waals surface area contributed by atoms with Crippen LogP contribution in [0.25, 0.3) is 11.8 Å². The standard InChI is InChI=1S/C15H18ClN3O/c1-15(2,3)14(20)13(19-10-17-9-18-19)8-11-4-6-12(16)7-5-11/h4-10,14,20H,1-3H3/b13-8+/t14-/m0/s1. The van der Waals surface area contributed by atoms with E-state index < -0.39 is 6.10 Å². The zero-order chi connectivity index (χ0) is 14.8. The molecule has 2 aromatic rings. The summed E-state index contributed by atoms with van der Waals surface area (Å²) in [6.07, 6.45) is 4.25. The Hall–Kier alpha value is -1.65. The Morgan fingerprint density at radius 3 is 2.45 bits per heavy atom. The van der Waals surface area contributed by atoms with E-state index in [4.69, 9.17) is 11.6 Å². The van der Waals surface area contributed by atoms with Gasteiger partial charge in [0.25, 0.3) is 0 Å². The van der Waals surface area contributed by atoms with Gasteiger partial charge in [0, 0.05) is 5.02 Å². The topological polar surface area (TPSA) is 50.9 Å². The van der Waals surface area contributed by atoms with Crippen LogP contribution in [0.3, 0.4) is 0 Å². The fourth-order valence-corrected chi connectivity index (χ4v) is 1.91. The summed E-state index contributed by atoms with van der Waals surface area (Å²) in [6, 6.07) is 7.43. The van der Waals surface area contributed by atoms with Crippen molar-refractivity contribution in [3.8, 4) is 0 Å². The molecule has 0 aliphatic rings. The number of benzene rings is 1. The van der Waals surface area contributed by atoms with E-state index in [2.05, 4.69) is 10.1 Å². The molecule has 0 fully saturated rings. The lowest BCUT2D eigenvalue weighted by Gasteiger charge is -2.27. The third kappa shape index (κ3) is 3.46. The molecule has 4 nitrogen and oxygen atoms in total. The number of aliphatic hydroxyl groups is 1. The van der Waals surface area contributed by atoms with E-state index in [1.54, 1.807) is 11.0 Å².